The first-order chi connectivity index (χ1) is 13.4. The van der Waals surface area contributed by atoms with Gasteiger partial charge in [-0.2, -0.15) is 17.7 Å². The summed E-state index contributed by atoms with van der Waals surface area (Å²) >= 11 is 1.34. The van der Waals surface area contributed by atoms with Crippen LogP contribution in [0.2, 0.25) is 0 Å². The summed E-state index contributed by atoms with van der Waals surface area (Å²) in [5.74, 6) is 0.667. The Morgan fingerprint density at radius 1 is 1.14 bits per heavy atom. The van der Waals surface area contributed by atoms with Crippen LogP contribution in [0.3, 0.4) is 0 Å². The first-order valence-electron chi connectivity index (χ1n) is 9.37. The van der Waals surface area contributed by atoms with Gasteiger partial charge in [0.05, 0.1) is 16.5 Å². The molecule has 1 aliphatic heterocycles. The zero-order valence-electron chi connectivity index (χ0n) is 15.4. The van der Waals surface area contributed by atoms with Crippen molar-refractivity contribution in [2.75, 3.05) is 13.1 Å². The number of piperidine rings is 1. The number of rotatable bonds is 4. The van der Waals surface area contributed by atoms with Crippen LogP contribution in [0, 0.1) is 0 Å². The molecule has 0 spiro atoms. The Morgan fingerprint density at radius 3 is 2.39 bits per heavy atom. The van der Waals surface area contributed by atoms with Crippen LogP contribution in [0.15, 0.2) is 24.3 Å². The lowest BCUT2D eigenvalue weighted by molar-refractivity contribution is -0.137. The summed E-state index contributed by atoms with van der Waals surface area (Å²) in [6.07, 6.45) is -0.516. The molecular formula is C19H21F3N4OS. The monoisotopic (exact) mass is 410 g/mol. The molecular weight excluding hydrogens is 389 g/mol. The molecule has 150 valence electrons. The van der Waals surface area contributed by atoms with Crippen molar-refractivity contribution in [2.24, 2.45) is 0 Å². The van der Waals surface area contributed by atoms with Gasteiger partial charge in [0.25, 0.3) is 0 Å². The molecule has 1 aromatic carbocycles. The SMILES string of the molecule is CCc1nc2sc([C@H](c3ccc(C(F)(F)F)cc3)N3CCCCC3)c(O)n2n1. The quantitative estimate of drug-likeness (QED) is 0.680. The minimum absolute atomic E-state index is 0.0164. The molecule has 0 aliphatic carbocycles. The van der Waals surface area contributed by atoms with Gasteiger partial charge in [0.2, 0.25) is 10.8 Å². The highest BCUT2D eigenvalue weighted by molar-refractivity contribution is 7.17. The molecule has 2 aromatic heterocycles. The summed E-state index contributed by atoms with van der Waals surface area (Å²) < 4.78 is 40.3. The molecule has 0 unspecified atom stereocenters. The molecule has 4 rings (SSSR count). The van der Waals surface area contributed by atoms with Gasteiger partial charge in [-0.05, 0) is 43.6 Å². The van der Waals surface area contributed by atoms with E-state index in [9.17, 15) is 18.3 Å². The van der Waals surface area contributed by atoms with Gasteiger partial charge in [-0.1, -0.05) is 36.8 Å². The predicted octanol–water partition coefficient (Wildman–Crippen LogP) is 4.65. The Kier molecular flexibility index (Phi) is 5.05. The van der Waals surface area contributed by atoms with Crippen LogP contribution in [0.25, 0.3) is 4.96 Å². The molecule has 28 heavy (non-hydrogen) atoms. The molecule has 3 aromatic rings. The molecule has 1 aliphatic rings. The minimum Gasteiger partial charge on any atom is -0.492 e. The number of nitrogens with zero attached hydrogens (tertiary/aromatic N) is 4. The molecule has 0 bridgehead atoms. The Morgan fingerprint density at radius 2 is 1.82 bits per heavy atom. The fourth-order valence-corrected chi connectivity index (χ4v) is 4.81. The number of halogens is 3. The Hall–Kier alpha value is -2.13. The van der Waals surface area contributed by atoms with Crippen LogP contribution in [0.1, 0.15) is 54.1 Å². The van der Waals surface area contributed by atoms with E-state index in [4.69, 9.17) is 0 Å². The number of alkyl halides is 3. The van der Waals surface area contributed by atoms with Gasteiger partial charge < -0.3 is 5.11 Å². The summed E-state index contributed by atoms with van der Waals surface area (Å²) in [6, 6.07) is 4.91. The summed E-state index contributed by atoms with van der Waals surface area (Å²) in [4.78, 5) is 7.91. The highest BCUT2D eigenvalue weighted by atomic mass is 32.1. The lowest BCUT2D eigenvalue weighted by Gasteiger charge is -2.34. The number of hydrogen-bond donors (Lipinski definition) is 1. The van der Waals surface area contributed by atoms with E-state index in [0.29, 0.717) is 22.1 Å². The third kappa shape index (κ3) is 3.48. The van der Waals surface area contributed by atoms with Gasteiger partial charge in [0.1, 0.15) is 0 Å². The number of fused-ring (bicyclic) bond motifs is 1. The van der Waals surface area contributed by atoms with Crippen LogP contribution < -0.4 is 0 Å². The molecule has 1 atom stereocenters. The minimum atomic E-state index is -4.37. The fourth-order valence-electron chi connectivity index (χ4n) is 3.68. The largest absolute Gasteiger partial charge is 0.492 e. The van der Waals surface area contributed by atoms with Crippen molar-refractivity contribution in [3.63, 3.8) is 0 Å². The number of hydrogen-bond acceptors (Lipinski definition) is 5. The van der Waals surface area contributed by atoms with Gasteiger partial charge >= 0.3 is 6.18 Å². The van der Waals surface area contributed by atoms with E-state index in [1.54, 1.807) is 0 Å². The summed E-state index contributed by atoms with van der Waals surface area (Å²) in [5.41, 5.74) is 0.0542. The molecule has 5 nitrogen and oxygen atoms in total. The average molecular weight is 410 g/mol. The maximum absolute atomic E-state index is 13.0. The second kappa shape index (κ2) is 7.36. The topological polar surface area (TPSA) is 53.7 Å². The Labute approximate surface area is 164 Å². The van der Waals surface area contributed by atoms with Crippen LogP contribution in [0.4, 0.5) is 13.2 Å². The second-order valence-corrected chi connectivity index (χ2v) is 7.99. The van der Waals surface area contributed by atoms with Crippen LogP contribution in [-0.4, -0.2) is 37.7 Å². The molecule has 0 amide bonds. The first kappa shape index (κ1) is 19.2. The number of thiazole rings is 1. The van der Waals surface area contributed by atoms with Crippen molar-refractivity contribution in [3.8, 4) is 5.88 Å². The molecule has 9 heteroatoms. The van der Waals surface area contributed by atoms with Crippen LogP contribution in [0.5, 0.6) is 5.88 Å². The molecule has 0 saturated carbocycles. The van der Waals surface area contributed by atoms with Gasteiger partial charge in [-0.15, -0.1) is 5.10 Å². The first-order valence-corrected chi connectivity index (χ1v) is 10.2. The summed E-state index contributed by atoms with van der Waals surface area (Å²) in [7, 11) is 0. The molecule has 3 heterocycles. The zero-order chi connectivity index (χ0) is 19.9. The van der Waals surface area contributed by atoms with E-state index in [1.165, 1.54) is 28.0 Å². The maximum Gasteiger partial charge on any atom is 0.416 e. The second-order valence-electron chi connectivity index (χ2n) is 6.98. The fraction of sp³-hybridized carbons (Fsp3) is 0.474. The maximum atomic E-state index is 13.0. The Balaban J connectivity index is 1.78. The van der Waals surface area contributed by atoms with E-state index < -0.39 is 11.7 Å². The van der Waals surface area contributed by atoms with Crippen molar-refractivity contribution in [3.05, 3.63) is 46.1 Å². The van der Waals surface area contributed by atoms with Gasteiger partial charge in [-0.3, -0.25) is 4.90 Å². The standard InChI is InChI=1S/C19H21F3N4OS/c1-2-14-23-18-26(24-14)17(27)16(28-18)15(25-10-4-3-5-11-25)12-6-8-13(9-7-12)19(20,21)22/h6-9,15,27H,2-5,10-11H2,1H3/t15-/m0/s1. The van der Waals surface area contributed by atoms with Crippen molar-refractivity contribution >= 4 is 16.3 Å². The normalized spacial score (nSPS) is 17.3. The molecule has 1 saturated heterocycles. The van der Waals surface area contributed by atoms with Crippen LogP contribution in [-0.2, 0) is 12.6 Å². The number of benzene rings is 1. The highest BCUT2D eigenvalue weighted by Gasteiger charge is 2.33. The summed E-state index contributed by atoms with van der Waals surface area (Å²) in [5, 5.41) is 15.1. The average Bonchev–Trinajstić information content (AvgIpc) is 3.22. The van der Waals surface area contributed by atoms with E-state index in [1.807, 2.05) is 6.92 Å². The van der Waals surface area contributed by atoms with Crippen molar-refractivity contribution in [2.45, 2.75) is 44.8 Å². The lowest BCUT2D eigenvalue weighted by atomic mass is 9.99. The smallest absolute Gasteiger partial charge is 0.416 e. The molecule has 1 N–H and O–H groups in total. The number of aryl methyl sites for hydroxylation is 1. The van der Waals surface area contributed by atoms with Crippen molar-refractivity contribution in [1.29, 1.82) is 0 Å². The van der Waals surface area contributed by atoms with E-state index in [0.717, 1.165) is 50.0 Å². The zero-order valence-corrected chi connectivity index (χ0v) is 16.2. The van der Waals surface area contributed by atoms with Gasteiger partial charge in [-0.25, -0.2) is 4.98 Å². The Bertz CT molecular complexity index is 958. The van der Waals surface area contributed by atoms with Crippen molar-refractivity contribution in [1.82, 2.24) is 19.5 Å². The molecule has 1 fully saturated rings. The van der Waals surface area contributed by atoms with E-state index in [-0.39, 0.29) is 11.9 Å². The number of aromatic hydroxyl groups is 1. The lowest BCUT2D eigenvalue weighted by Crippen LogP contribution is -2.34. The van der Waals surface area contributed by atoms with Gasteiger partial charge in [0, 0.05) is 6.42 Å². The van der Waals surface area contributed by atoms with Crippen LogP contribution >= 0.6 is 11.3 Å². The summed E-state index contributed by atoms with van der Waals surface area (Å²) in [6.45, 7) is 3.61. The third-order valence-corrected chi connectivity index (χ3v) is 6.19. The predicted molar refractivity (Wildman–Crippen MR) is 101 cm³/mol. The van der Waals surface area contributed by atoms with Gasteiger partial charge in [0.15, 0.2) is 5.82 Å². The van der Waals surface area contributed by atoms with Crippen molar-refractivity contribution < 1.29 is 18.3 Å². The number of aromatic nitrogens is 3. The number of likely N-dealkylation sites (tertiary alicyclic amines) is 1. The molecule has 0 radical (unpaired) electrons. The highest BCUT2D eigenvalue weighted by Crippen LogP contribution is 2.41. The third-order valence-electron chi connectivity index (χ3n) is 5.12. The van der Waals surface area contributed by atoms with E-state index in [2.05, 4.69) is 15.0 Å². The van der Waals surface area contributed by atoms with E-state index >= 15 is 0 Å².